The molecule has 3 fully saturated rings. The van der Waals surface area contributed by atoms with Gasteiger partial charge in [0.1, 0.15) is 5.69 Å². The zero-order valence-corrected chi connectivity index (χ0v) is 13.5. The molecule has 124 valence electrons. The monoisotopic (exact) mass is 315 g/mol. The minimum Gasteiger partial charge on any atom is -0.357 e. The third-order valence-electron chi connectivity index (χ3n) is 5.91. The fraction of sp³-hybridized carbons (Fsp3) is 0.667. The molecule has 1 saturated heterocycles. The van der Waals surface area contributed by atoms with Crippen LogP contribution in [0.1, 0.15) is 61.9 Å². The zero-order valence-electron chi connectivity index (χ0n) is 13.5. The highest BCUT2D eigenvalue weighted by Crippen LogP contribution is 2.44. The van der Waals surface area contributed by atoms with E-state index in [-0.39, 0.29) is 17.5 Å². The number of nitrogens with zero attached hydrogens (tertiary/aromatic N) is 1. The smallest absolute Gasteiger partial charge is 0.267 e. The molecule has 2 aliphatic carbocycles. The van der Waals surface area contributed by atoms with E-state index in [0.29, 0.717) is 18.0 Å². The van der Waals surface area contributed by atoms with Gasteiger partial charge >= 0.3 is 0 Å². The van der Waals surface area contributed by atoms with E-state index < -0.39 is 0 Å². The number of rotatable bonds is 4. The summed E-state index contributed by atoms with van der Waals surface area (Å²) in [7, 11) is 0. The molecule has 2 N–H and O–H groups in total. The van der Waals surface area contributed by atoms with Crippen LogP contribution in [0.15, 0.2) is 18.3 Å². The van der Waals surface area contributed by atoms with E-state index in [9.17, 15) is 9.59 Å². The molecule has 5 heteroatoms. The van der Waals surface area contributed by atoms with Crippen molar-refractivity contribution in [1.29, 1.82) is 0 Å². The first-order valence-electron chi connectivity index (χ1n) is 8.91. The molecular weight excluding hydrogens is 290 g/mol. The van der Waals surface area contributed by atoms with Crippen LogP contribution in [-0.4, -0.2) is 39.8 Å². The molecule has 4 rings (SSSR count). The number of carbonyl (C=O) groups is 2. The van der Waals surface area contributed by atoms with Gasteiger partial charge < -0.3 is 15.2 Å². The Balaban J connectivity index is 1.36. The Labute approximate surface area is 136 Å². The second-order valence-electron chi connectivity index (χ2n) is 7.50. The van der Waals surface area contributed by atoms with Gasteiger partial charge in [0.25, 0.3) is 5.91 Å². The highest BCUT2D eigenvalue weighted by atomic mass is 16.2. The second kappa shape index (κ2) is 5.69. The van der Waals surface area contributed by atoms with Crippen LogP contribution in [0.5, 0.6) is 0 Å². The number of hydrogen-bond donors (Lipinski definition) is 2. The van der Waals surface area contributed by atoms with Crippen LogP contribution in [0.4, 0.5) is 0 Å². The van der Waals surface area contributed by atoms with Crippen LogP contribution in [0, 0.1) is 5.92 Å². The molecule has 0 atom stereocenters. The molecule has 0 radical (unpaired) electrons. The number of aromatic nitrogens is 1. The SMILES string of the molecule is O=C(NC1CCC2(CCC(=O)N2CC2CC2)CC1)c1ccc[nH]1. The predicted molar refractivity (Wildman–Crippen MR) is 86.9 cm³/mol. The number of hydrogen-bond acceptors (Lipinski definition) is 2. The van der Waals surface area contributed by atoms with Crippen molar-refractivity contribution >= 4 is 11.8 Å². The zero-order chi connectivity index (χ0) is 15.9. The first kappa shape index (κ1) is 14.8. The maximum absolute atomic E-state index is 12.3. The largest absolute Gasteiger partial charge is 0.357 e. The molecule has 2 saturated carbocycles. The summed E-state index contributed by atoms with van der Waals surface area (Å²) in [6.45, 7) is 0.971. The summed E-state index contributed by atoms with van der Waals surface area (Å²) in [5.41, 5.74) is 0.713. The average molecular weight is 315 g/mol. The molecule has 1 aromatic heterocycles. The lowest BCUT2D eigenvalue weighted by atomic mass is 9.77. The summed E-state index contributed by atoms with van der Waals surface area (Å²) in [4.78, 5) is 29.6. The highest BCUT2D eigenvalue weighted by molar-refractivity contribution is 5.92. The fourth-order valence-electron chi connectivity index (χ4n) is 4.28. The normalized spacial score (nSPS) is 30.9. The van der Waals surface area contributed by atoms with E-state index in [1.165, 1.54) is 12.8 Å². The van der Waals surface area contributed by atoms with Gasteiger partial charge in [0.05, 0.1) is 0 Å². The maximum Gasteiger partial charge on any atom is 0.267 e. The molecule has 0 unspecified atom stereocenters. The van der Waals surface area contributed by atoms with Gasteiger partial charge in [0.2, 0.25) is 5.91 Å². The van der Waals surface area contributed by atoms with E-state index >= 15 is 0 Å². The Hall–Kier alpha value is -1.78. The number of amides is 2. The molecule has 1 spiro atoms. The van der Waals surface area contributed by atoms with Crippen molar-refractivity contribution in [1.82, 2.24) is 15.2 Å². The lowest BCUT2D eigenvalue weighted by Gasteiger charge is -2.44. The summed E-state index contributed by atoms with van der Waals surface area (Å²) in [6, 6.07) is 3.87. The molecular formula is C18H25N3O2. The van der Waals surface area contributed by atoms with Crippen LogP contribution >= 0.6 is 0 Å². The van der Waals surface area contributed by atoms with Gasteiger partial charge in [-0.25, -0.2) is 0 Å². The number of likely N-dealkylation sites (tertiary alicyclic amines) is 1. The van der Waals surface area contributed by atoms with Crippen molar-refractivity contribution in [2.24, 2.45) is 5.92 Å². The number of H-pyrrole nitrogens is 1. The molecule has 3 aliphatic rings. The summed E-state index contributed by atoms with van der Waals surface area (Å²) in [6.07, 6.45) is 10.1. The van der Waals surface area contributed by atoms with Crippen molar-refractivity contribution < 1.29 is 9.59 Å². The molecule has 1 aliphatic heterocycles. The third kappa shape index (κ3) is 2.89. The second-order valence-corrected chi connectivity index (χ2v) is 7.50. The van der Waals surface area contributed by atoms with Gasteiger partial charge in [-0.05, 0) is 63.0 Å². The topological polar surface area (TPSA) is 65.2 Å². The Kier molecular flexibility index (Phi) is 3.66. The van der Waals surface area contributed by atoms with Crippen molar-refractivity contribution in [3.63, 3.8) is 0 Å². The lowest BCUT2D eigenvalue weighted by molar-refractivity contribution is -0.132. The minimum absolute atomic E-state index is 0.0201. The molecule has 2 amide bonds. The van der Waals surface area contributed by atoms with Gasteiger partial charge in [0.15, 0.2) is 0 Å². The summed E-state index contributed by atoms with van der Waals surface area (Å²) in [5, 5.41) is 3.13. The van der Waals surface area contributed by atoms with E-state index in [0.717, 1.165) is 44.6 Å². The van der Waals surface area contributed by atoms with Crippen molar-refractivity contribution in [2.75, 3.05) is 6.54 Å². The Morgan fingerprint density at radius 1 is 1.26 bits per heavy atom. The van der Waals surface area contributed by atoms with Gasteiger partial charge in [-0.1, -0.05) is 0 Å². The number of aromatic amines is 1. The first-order valence-corrected chi connectivity index (χ1v) is 8.91. The van der Waals surface area contributed by atoms with Gasteiger partial charge in [0, 0.05) is 30.7 Å². The predicted octanol–water partition coefficient (Wildman–Crippen LogP) is 2.46. The van der Waals surface area contributed by atoms with Gasteiger partial charge in [-0.15, -0.1) is 0 Å². The Bertz CT molecular complexity index is 583. The van der Waals surface area contributed by atoms with Crippen LogP contribution < -0.4 is 5.32 Å². The lowest BCUT2D eigenvalue weighted by Crippen LogP contribution is -2.51. The summed E-state index contributed by atoms with van der Waals surface area (Å²) < 4.78 is 0. The van der Waals surface area contributed by atoms with Gasteiger partial charge in [-0.3, -0.25) is 9.59 Å². The van der Waals surface area contributed by atoms with E-state index in [2.05, 4.69) is 15.2 Å². The molecule has 5 nitrogen and oxygen atoms in total. The minimum atomic E-state index is -0.0201. The van der Waals surface area contributed by atoms with Crippen LogP contribution in [0.25, 0.3) is 0 Å². The van der Waals surface area contributed by atoms with Crippen LogP contribution in [-0.2, 0) is 4.79 Å². The van der Waals surface area contributed by atoms with Crippen molar-refractivity contribution in [2.45, 2.75) is 62.9 Å². The van der Waals surface area contributed by atoms with E-state index in [1.54, 1.807) is 12.3 Å². The van der Waals surface area contributed by atoms with Gasteiger partial charge in [-0.2, -0.15) is 0 Å². The third-order valence-corrected chi connectivity index (χ3v) is 5.91. The van der Waals surface area contributed by atoms with Crippen molar-refractivity contribution in [3.05, 3.63) is 24.0 Å². The molecule has 0 aromatic carbocycles. The number of carbonyl (C=O) groups excluding carboxylic acids is 2. The molecule has 0 bridgehead atoms. The molecule has 23 heavy (non-hydrogen) atoms. The fourth-order valence-corrected chi connectivity index (χ4v) is 4.28. The number of nitrogens with one attached hydrogen (secondary N) is 2. The Morgan fingerprint density at radius 2 is 2.04 bits per heavy atom. The first-order chi connectivity index (χ1) is 11.2. The van der Waals surface area contributed by atoms with E-state index in [4.69, 9.17) is 0 Å². The summed E-state index contributed by atoms with van der Waals surface area (Å²) >= 11 is 0. The molecule has 2 heterocycles. The standard InChI is InChI=1S/C18H25N3O2/c22-16-7-10-18(21(16)12-13-3-4-13)8-5-14(6-9-18)20-17(23)15-2-1-11-19-15/h1-2,11,13-14,19H,3-10,12H2,(H,20,23). The van der Waals surface area contributed by atoms with Crippen LogP contribution in [0.3, 0.4) is 0 Å². The van der Waals surface area contributed by atoms with Crippen LogP contribution in [0.2, 0.25) is 0 Å². The Morgan fingerprint density at radius 3 is 2.70 bits per heavy atom. The van der Waals surface area contributed by atoms with Crippen molar-refractivity contribution in [3.8, 4) is 0 Å². The quantitative estimate of drug-likeness (QED) is 0.896. The molecule has 1 aromatic rings. The summed E-state index contributed by atoms with van der Waals surface area (Å²) in [5.74, 6) is 1.08. The van der Waals surface area contributed by atoms with E-state index in [1.807, 2.05) is 6.07 Å². The average Bonchev–Trinajstić information content (AvgIpc) is 3.11. The highest BCUT2D eigenvalue weighted by Gasteiger charge is 2.48. The maximum atomic E-state index is 12.3.